The van der Waals surface area contributed by atoms with Crippen LogP contribution in [0.5, 0.6) is 0 Å². The number of esters is 2. The Labute approximate surface area is 154 Å². The number of carboxylic acids is 1. The molecule has 0 heterocycles. The van der Waals surface area contributed by atoms with Crippen molar-refractivity contribution in [2.75, 3.05) is 35.0 Å². The van der Waals surface area contributed by atoms with Crippen molar-refractivity contribution >= 4 is 23.8 Å². The number of methoxy groups -OCH3 is 4. The molecule has 0 saturated carbocycles. The van der Waals surface area contributed by atoms with Crippen LogP contribution in [0.1, 0.15) is 0 Å². The number of carbonyl (C=O) groups is 4. The number of alkyl halides is 5. The summed E-state index contributed by atoms with van der Waals surface area (Å²) in [4.78, 5) is 42.6. The number of rotatable bonds is 8. The molecule has 0 aromatic carbocycles. The minimum Gasteiger partial charge on any atom is -0.479 e. The van der Waals surface area contributed by atoms with E-state index in [-0.39, 0.29) is 0 Å². The summed E-state index contributed by atoms with van der Waals surface area (Å²) in [6.07, 6.45) is -9.21. The van der Waals surface area contributed by atoms with E-state index >= 15 is 0 Å². The van der Waals surface area contributed by atoms with Gasteiger partial charge in [-0.2, -0.15) is 22.0 Å². The van der Waals surface area contributed by atoms with Crippen LogP contribution >= 0.6 is 0 Å². The van der Waals surface area contributed by atoms with E-state index in [4.69, 9.17) is 5.11 Å². The highest BCUT2D eigenvalue weighted by Crippen LogP contribution is 2.34. The van der Waals surface area contributed by atoms with Crippen LogP contribution in [0, 0.1) is 0 Å². The number of aliphatic carboxylic acids is 1. The summed E-state index contributed by atoms with van der Waals surface area (Å²) in [6, 6.07) is 0. The molecule has 0 aliphatic carbocycles. The molecule has 0 aromatic heterocycles. The topological polar surface area (TPSA) is 137 Å². The van der Waals surface area contributed by atoms with E-state index in [2.05, 4.69) is 18.9 Å². The lowest BCUT2D eigenvalue weighted by Crippen LogP contribution is -2.50. The number of carbonyl (C=O) groups excluding carboxylic acids is 3. The standard InChI is InChI=1S/C8H10F5NO4.C5H8O5/c1-17-4(6(16)18-2)5(15)14-3-7(9,10)8(11,12)13;1-9-3(4(6)7)5(8)10-2/h4H,3H2,1-2H3,(H,14,15);3H,1-2H3,(H,6,7). The van der Waals surface area contributed by atoms with Crippen LogP contribution in [0.2, 0.25) is 0 Å². The Hall–Kier alpha value is -2.55. The average Bonchev–Trinajstić information content (AvgIpc) is 2.60. The molecule has 0 fully saturated rings. The molecule has 1 amide bonds. The van der Waals surface area contributed by atoms with Gasteiger partial charge >= 0.3 is 30.0 Å². The highest BCUT2D eigenvalue weighted by Gasteiger charge is 2.57. The first kappa shape index (κ1) is 27.7. The second-order valence-corrected chi connectivity index (χ2v) is 4.54. The highest BCUT2D eigenvalue weighted by molar-refractivity contribution is 6.00. The average molecular weight is 427 g/mol. The lowest BCUT2D eigenvalue weighted by molar-refractivity contribution is -0.278. The Morgan fingerprint density at radius 2 is 1.25 bits per heavy atom. The van der Waals surface area contributed by atoms with Gasteiger partial charge in [0, 0.05) is 14.2 Å². The Balaban J connectivity index is 0. The molecule has 2 N–H and O–H groups in total. The van der Waals surface area contributed by atoms with Crippen molar-refractivity contribution in [1.29, 1.82) is 0 Å². The van der Waals surface area contributed by atoms with Crippen LogP contribution in [0.15, 0.2) is 0 Å². The zero-order chi connectivity index (χ0) is 22.7. The number of halogens is 5. The Morgan fingerprint density at radius 3 is 1.50 bits per heavy atom. The second-order valence-electron chi connectivity index (χ2n) is 4.54. The third-order valence-corrected chi connectivity index (χ3v) is 2.66. The maximum absolute atomic E-state index is 12.4. The first-order valence-electron chi connectivity index (χ1n) is 6.86. The summed E-state index contributed by atoms with van der Waals surface area (Å²) < 4.78 is 77.0. The minimum atomic E-state index is -5.80. The molecular weight excluding hydrogens is 409 g/mol. The normalized spacial score (nSPS) is 13.3. The molecule has 0 radical (unpaired) electrons. The van der Waals surface area contributed by atoms with Gasteiger partial charge in [-0.05, 0) is 0 Å². The largest absolute Gasteiger partial charge is 0.479 e. The maximum atomic E-state index is 12.4. The van der Waals surface area contributed by atoms with E-state index in [1.54, 1.807) is 0 Å². The van der Waals surface area contributed by atoms with Crippen molar-refractivity contribution in [3.63, 3.8) is 0 Å². The van der Waals surface area contributed by atoms with E-state index in [0.29, 0.717) is 0 Å². The van der Waals surface area contributed by atoms with Gasteiger partial charge in [-0.25, -0.2) is 14.4 Å². The first-order valence-corrected chi connectivity index (χ1v) is 6.86. The fourth-order valence-corrected chi connectivity index (χ4v) is 1.21. The van der Waals surface area contributed by atoms with Crippen molar-refractivity contribution in [2.24, 2.45) is 0 Å². The lowest BCUT2D eigenvalue weighted by atomic mass is 10.3. The summed E-state index contributed by atoms with van der Waals surface area (Å²) in [7, 11) is 4.00. The molecule has 0 saturated heterocycles. The van der Waals surface area contributed by atoms with E-state index in [1.165, 1.54) is 5.32 Å². The summed E-state index contributed by atoms with van der Waals surface area (Å²) in [5, 5.41) is 9.51. The Morgan fingerprint density at radius 1 is 0.857 bits per heavy atom. The summed E-state index contributed by atoms with van der Waals surface area (Å²) in [6.45, 7) is -1.99. The van der Waals surface area contributed by atoms with Crippen LogP contribution < -0.4 is 5.32 Å². The molecule has 0 spiro atoms. The summed E-state index contributed by atoms with van der Waals surface area (Å²) in [5.74, 6) is -10.0. The van der Waals surface area contributed by atoms with Gasteiger partial charge in [-0.3, -0.25) is 4.79 Å². The molecule has 0 bridgehead atoms. The molecule has 0 aromatic rings. The molecule has 0 aliphatic heterocycles. The van der Waals surface area contributed by atoms with Gasteiger partial charge in [-0.15, -0.1) is 0 Å². The van der Waals surface area contributed by atoms with Crippen LogP contribution in [-0.4, -0.2) is 88.2 Å². The zero-order valence-corrected chi connectivity index (χ0v) is 15.0. The third kappa shape index (κ3) is 8.90. The summed E-state index contributed by atoms with van der Waals surface area (Å²) in [5.41, 5.74) is 0. The number of hydrogen-bond acceptors (Lipinski definition) is 8. The maximum Gasteiger partial charge on any atom is 0.455 e. The fourth-order valence-electron chi connectivity index (χ4n) is 1.21. The quantitative estimate of drug-likeness (QED) is 0.305. The highest BCUT2D eigenvalue weighted by atomic mass is 19.4. The van der Waals surface area contributed by atoms with Crippen molar-refractivity contribution in [3.05, 3.63) is 0 Å². The number of carboxylic acid groups (broad SMARTS) is 1. The number of nitrogens with one attached hydrogen (secondary N) is 1. The van der Waals surface area contributed by atoms with Gasteiger partial charge in [0.2, 0.25) is 6.10 Å². The van der Waals surface area contributed by atoms with Gasteiger partial charge in [0.05, 0.1) is 20.8 Å². The fraction of sp³-hybridized carbons (Fsp3) is 0.692. The van der Waals surface area contributed by atoms with Crippen molar-refractivity contribution in [1.82, 2.24) is 5.32 Å². The third-order valence-electron chi connectivity index (χ3n) is 2.66. The summed E-state index contributed by atoms with van der Waals surface area (Å²) >= 11 is 0. The van der Waals surface area contributed by atoms with Gasteiger partial charge in [0.1, 0.15) is 0 Å². The van der Waals surface area contributed by atoms with Crippen LogP contribution in [0.3, 0.4) is 0 Å². The van der Waals surface area contributed by atoms with Gasteiger partial charge in [0.25, 0.3) is 12.0 Å². The molecule has 0 aliphatic rings. The number of ether oxygens (including phenoxy) is 4. The number of amides is 1. The van der Waals surface area contributed by atoms with E-state index < -0.39 is 54.7 Å². The second kappa shape index (κ2) is 12.0. The molecule has 164 valence electrons. The van der Waals surface area contributed by atoms with E-state index in [1.807, 2.05) is 0 Å². The van der Waals surface area contributed by atoms with Gasteiger partial charge in [0.15, 0.2) is 0 Å². The van der Waals surface area contributed by atoms with Crippen LogP contribution in [0.4, 0.5) is 22.0 Å². The Kier molecular flexibility index (Phi) is 11.9. The van der Waals surface area contributed by atoms with E-state index in [0.717, 1.165) is 28.4 Å². The smallest absolute Gasteiger partial charge is 0.455 e. The molecule has 28 heavy (non-hydrogen) atoms. The van der Waals surface area contributed by atoms with Crippen molar-refractivity contribution in [2.45, 2.75) is 24.3 Å². The van der Waals surface area contributed by atoms with Crippen LogP contribution in [0.25, 0.3) is 0 Å². The van der Waals surface area contributed by atoms with Gasteiger partial charge < -0.3 is 29.4 Å². The minimum absolute atomic E-state index is 0.892. The molecule has 15 heteroatoms. The molecule has 0 rings (SSSR count). The van der Waals surface area contributed by atoms with Crippen LogP contribution in [-0.2, 0) is 38.1 Å². The Bertz CT molecular complexity index is 553. The molecular formula is C13H18F5NO9. The van der Waals surface area contributed by atoms with Crippen molar-refractivity contribution < 1.29 is 65.2 Å². The lowest BCUT2D eigenvalue weighted by Gasteiger charge is -2.21. The van der Waals surface area contributed by atoms with E-state index in [9.17, 15) is 41.1 Å². The predicted molar refractivity (Wildman–Crippen MR) is 77.3 cm³/mol. The monoisotopic (exact) mass is 427 g/mol. The molecule has 2 unspecified atom stereocenters. The zero-order valence-electron chi connectivity index (χ0n) is 15.0. The number of hydrogen-bond donors (Lipinski definition) is 2. The SMILES string of the molecule is COC(=O)C(OC)C(=O)NCC(F)(F)C(F)(F)F.COC(=O)C(OC)C(=O)O. The van der Waals surface area contributed by atoms with Gasteiger partial charge in [-0.1, -0.05) is 0 Å². The molecule has 10 nitrogen and oxygen atoms in total. The first-order chi connectivity index (χ1) is 12.7. The predicted octanol–water partition coefficient (Wildman–Crippen LogP) is -0.253. The molecule has 2 atom stereocenters. The van der Waals surface area contributed by atoms with Crippen molar-refractivity contribution in [3.8, 4) is 0 Å².